The Morgan fingerprint density at radius 3 is 2.50 bits per heavy atom. The molecule has 0 saturated heterocycles. The van der Waals surface area contributed by atoms with E-state index in [0.29, 0.717) is 11.1 Å². The van der Waals surface area contributed by atoms with Crippen LogP contribution in [0.2, 0.25) is 0 Å². The van der Waals surface area contributed by atoms with E-state index in [-0.39, 0.29) is 11.2 Å². The van der Waals surface area contributed by atoms with E-state index in [2.05, 4.69) is 4.98 Å². The van der Waals surface area contributed by atoms with Crippen LogP contribution in [0, 0.1) is 10.1 Å². The zero-order valence-corrected chi connectivity index (χ0v) is 10.7. The van der Waals surface area contributed by atoms with E-state index in [4.69, 9.17) is 5.11 Å². The molecule has 20 heavy (non-hydrogen) atoms. The highest BCUT2D eigenvalue weighted by molar-refractivity contribution is 5.94. The van der Waals surface area contributed by atoms with Gasteiger partial charge in [0.25, 0.3) is 11.2 Å². The summed E-state index contributed by atoms with van der Waals surface area (Å²) >= 11 is 0. The summed E-state index contributed by atoms with van der Waals surface area (Å²) in [5.74, 6) is -1.35. The van der Waals surface area contributed by atoms with Crippen LogP contribution in [-0.4, -0.2) is 35.1 Å². The van der Waals surface area contributed by atoms with Crippen LogP contribution in [0.3, 0.4) is 0 Å². The van der Waals surface area contributed by atoms with Crippen LogP contribution in [-0.2, 0) is 0 Å². The Labute approximate surface area is 112 Å². The molecule has 0 atom stereocenters. The fourth-order valence-electron chi connectivity index (χ4n) is 1.89. The van der Waals surface area contributed by atoms with E-state index in [1.807, 2.05) is 0 Å². The normalized spacial score (nSPS) is 10.5. The molecule has 0 fully saturated rings. The molecule has 1 heterocycles. The number of aromatic amines is 1. The largest absolute Gasteiger partial charge is 0.477 e. The van der Waals surface area contributed by atoms with Gasteiger partial charge in [-0.05, 0) is 12.1 Å². The second-order valence-electron chi connectivity index (χ2n) is 4.40. The molecule has 0 aliphatic rings. The van der Waals surface area contributed by atoms with Crippen LogP contribution >= 0.6 is 0 Å². The number of anilines is 1. The second-order valence-corrected chi connectivity index (χ2v) is 4.40. The van der Waals surface area contributed by atoms with Crippen LogP contribution in [0.5, 0.6) is 0 Å². The topological polar surface area (TPSA) is 117 Å². The van der Waals surface area contributed by atoms with Crippen molar-refractivity contribution in [2.24, 2.45) is 0 Å². The van der Waals surface area contributed by atoms with Crippen molar-refractivity contribution in [1.29, 1.82) is 0 Å². The quantitative estimate of drug-likeness (QED) is 0.643. The van der Waals surface area contributed by atoms with Crippen molar-refractivity contribution in [3.63, 3.8) is 0 Å². The molecule has 0 aliphatic heterocycles. The number of hydrogen-bond donors (Lipinski definition) is 2. The number of H-pyrrole nitrogens is 1. The van der Waals surface area contributed by atoms with E-state index in [1.54, 1.807) is 19.0 Å². The molecule has 0 amide bonds. The number of carbonyl (C=O) groups is 1. The summed E-state index contributed by atoms with van der Waals surface area (Å²) in [4.78, 5) is 36.8. The van der Waals surface area contributed by atoms with Crippen molar-refractivity contribution in [1.82, 2.24) is 4.98 Å². The molecule has 0 unspecified atom stereocenters. The van der Waals surface area contributed by atoms with Crippen LogP contribution in [0.15, 0.2) is 23.0 Å². The van der Waals surface area contributed by atoms with Crippen molar-refractivity contribution >= 4 is 28.2 Å². The molecule has 8 nitrogen and oxygen atoms in total. The third kappa shape index (κ3) is 2.18. The number of nitrogens with zero attached hydrogens (tertiary/aromatic N) is 2. The molecular formula is C12H11N3O5. The summed E-state index contributed by atoms with van der Waals surface area (Å²) in [6.07, 6.45) is 0. The lowest BCUT2D eigenvalue weighted by Gasteiger charge is -2.13. The highest BCUT2D eigenvalue weighted by Gasteiger charge is 2.19. The Kier molecular flexibility index (Phi) is 3.15. The fraction of sp³-hybridized carbons (Fsp3) is 0.167. The molecule has 0 saturated carbocycles. The van der Waals surface area contributed by atoms with Crippen LogP contribution in [0.25, 0.3) is 10.9 Å². The number of nitro benzene ring substituents is 1. The van der Waals surface area contributed by atoms with Gasteiger partial charge in [0.05, 0.1) is 10.4 Å². The zero-order chi connectivity index (χ0) is 15.0. The van der Waals surface area contributed by atoms with E-state index >= 15 is 0 Å². The number of fused-ring (bicyclic) bond motifs is 1. The van der Waals surface area contributed by atoms with E-state index < -0.39 is 22.0 Å². The molecule has 2 rings (SSSR count). The fourth-order valence-corrected chi connectivity index (χ4v) is 1.89. The maximum Gasteiger partial charge on any atom is 0.341 e. The molecule has 1 aromatic heterocycles. The monoisotopic (exact) mass is 277 g/mol. The number of rotatable bonds is 3. The van der Waals surface area contributed by atoms with Gasteiger partial charge in [0, 0.05) is 25.5 Å². The summed E-state index contributed by atoms with van der Waals surface area (Å²) in [6, 6.07) is 3.89. The van der Waals surface area contributed by atoms with Gasteiger partial charge in [0.2, 0.25) is 0 Å². The predicted molar refractivity (Wildman–Crippen MR) is 72.5 cm³/mol. The summed E-state index contributed by atoms with van der Waals surface area (Å²) in [5.41, 5.74) is -0.822. The first-order valence-electron chi connectivity index (χ1n) is 5.57. The lowest BCUT2D eigenvalue weighted by molar-refractivity contribution is -0.384. The van der Waals surface area contributed by atoms with Gasteiger partial charge in [-0.15, -0.1) is 0 Å². The van der Waals surface area contributed by atoms with Gasteiger partial charge < -0.3 is 15.0 Å². The highest BCUT2D eigenvalue weighted by Crippen LogP contribution is 2.30. The van der Waals surface area contributed by atoms with Gasteiger partial charge in [-0.25, -0.2) is 4.79 Å². The smallest absolute Gasteiger partial charge is 0.341 e. The summed E-state index contributed by atoms with van der Waals surface area (Å²) in [5, 5.41) is 20.3. The van der Waals surface area contributed by atoms with Gasteiger partial charge in [-0.1, -0.05) is 0 Å². The van der Waals surface area contributed by atoms with Crippen molar-refractivity contribution in [2.45, 2.75) is 0 Å². The Hall–Kier alpha value is -2.90. The standard InChI is InChI=1S/C12H11N3O5/c1-14(2)9-4-6-3-7(12(17)18)11(16)13-8(6)5-10(9)15(19)20/h3-5H,1-2H3,(H,13,16)(H,17,18). The highest BCUT2D eigenvalue weighted by atomic mass is 16.6. The van der Waals surface area contributed by atoms with Gasteiger partial charge in [0.1, 0.15) is 11.3 Å². The van der Waals surface area contributed by atoms with E-state index in [9.17, 15) is 19.7 Å². The van der Waals surface area contributed by atoms with Crippen molar-refractivity contribution in [3.05, 3.63) is 44.2 Å². The summed E-state index contributed by atoms with van der Waals surface area (Å²) in [7, 11) is 3.27. The maximum absolute atomic E-state index is 11.6. The summed E-state index contributed by atoms with van der Waals surface area (Å²) in [6.45, 7) is 0. The molecule has 8 heteroatoms. The molecule has 104 valence electrons. The number of nitro groups is 1. The molecule has 1 aromatic carbocycles. The van der Waals surface area contributed by atoms with Gasteiger partial charge in [-0.2, -0.15) is 0 Å². The first-order valence-corrected chi connectivity index (χ1v) is 5.57. The predicted octanol–water partition coefficient (Wildman–Crippen LogP) is 1.20. The van der Waals surface area contributed by atoms with Crippen LogP contribution < -0.4 is 10.5 Å². The molecule has 2 aromatic rings. The van der Waals surface area contributed by atoms with Gasteiger partial charge >= 0.3 is 5.97 Å². The number of aromatic carboxylic acids is 1. The average Bonchev–Trinajstić information content (AvgIpc) is 2.35. The number of benzene rings is 1. The lowest BCUT2D eigenvalue weighted by atomic mass is 10.1. The van der Waals surface area contributed by atoms with Crippen LogP contribution in [0.4, 0.5) is 11.4 Å². The first kappa shape index (κ1) is 13.5. The lowest BCUT2D eigenvalue weighted by Crippen LogP contribution is -2.17. The van der Waals surface area contributed by atoms with Crippen molar-refractivity contribution in [2.75, 3.05) is 19.0 Å². The third-order valence-corrected chi connectivity index (χ3v) is 2.85. The third-order valence-electron chi connectivity index (χ3n) is 2.85. The minimum absolute atomic E-state index is 0.166. The summed E-state index contributed by atoms with van der Waals surface area (Å²) < 4.78 is 0. The number of carboxylic acids is 1. The molecule has 0 bridgehead atoms. The SMILES string of the molecule is CN(C)c1cc2cc(C(=O)O)c(=O)[nH]c2cc1[N+](=O)[O-]. The zero-order valence-electron chi connectivity index (χ0n) is 10.7. The van der Waals surface area contributed by atoms with Crippen molar-refractivity contribution in [3.8, 4) is 0 Å². The van der Waals surface area contributed by atoms with Gasteiger partial charge in [-0.3, -0.25) is 14.9 Å². The van der Waals surface area contributed by atoms with Crippen LogP contribution in [0.1, 0.15) is 10.4 Å². The second kappa shape index (κ2) is 4.65. The number of hydrogen-bond acceptors (Lipinski definition) is 5. The van der Waals surface area contributed by atoms with Gasteiger partial charge in [0.15, 0.2) is 0 Å². The molecule has 2 N–H and O–H groups in total. The molecule has 0 spiro atoms. The molecular weight excluding hydrogens is 266 g/mol. The van der Waals surface area contributed by atoms with Crippen molar-refractivity contribution < 1.29 is 14.8 Å². The van der Waals surface area contributed by atoms with E-state index in [0.717, 1.165) is 0 Å². The average molecular weight is 277 g/mol. The number of carboxylic acid groups (broad SMARTS) is 1. The Balaban J connectivity index is 2.84. The Morgan fingerprint density at radius 2 is 2.00 bits per heavy atom. The Morgan fingerprint density at radius 1 is 1.35 bits per heavy atom. The van der Waals surface area contributed by atoms with E-state index in [1.165, 1.54) is 18.2 Å². The number of pyridine rings is 1. The minimum atomic E-state index is -1.35. The maximum atomic E-state index is 11.6. The minimum Gasteiger partial charge on any atom is -0.477 e. The number of aromatic nitrogens is 1. The molecule has 0 radical (unpaired) electrons. The number of nitrogens with one attached hydrogen (secondary N) is 1. The molecule has 0 aliphatic carbocycles. The first-order chi connectivity index (χ1) is 9.31. The Bertz CT molecular complexity index is 778.